The van der Waals surface area contributed by atoms with E-state index in [0.717, 1.165) is 9.75 Å². The minimum atomic E-state index is -0.568. The van der Waals surface area contributed by atoms with Gasteiger partial charge in [0.1, 0.15) is 0 Å². The fourth-order valence-electron chi connectivity index (χ4n) is 3.84. The monoisotopic (exact) mass is 442 g/mol. The van der Waals surface area contributed by atoms with Crippen LogP contribution >= 0.6 is 22.7 Å². The molecule has 0 aliphatic carbocycles. The smallest absolute Gasteiger partial charge is 0.254 e. The molecule has 0 radical (unpaired) electrons. The van der Waals surface area contributed by atoms with Crippen LogP contribution in [0.4, 0.5) is 0 Å². The minimum absolute atomic E-state index is 0.130. The molecule has 3 aromatic rings. The van der Waals surface area contributed by atoms with E-state index in [1.165, 1.54) is 18.4 Å². The number of thiophene rings is 2. The van der Waals surface area contributed by atoms with Crippen molar-refractivity contribution in [2.75, 3.05) is 21.3 Å². The van der Waals surface area contributed by atoms with Gasteiger partial charge in [-0.1, -0.05) is 12.1 Å². The Morgan fingerprint density at radius 3 is 2.43 bits per heavy atom. The molecule has 156 valence electrons. The van der Waals surface area contributed by atoms with Gasteiger partial charge >= 0.3 is 0 Å². The van der Waals surface area contributed by atoms with Crippen LogP contribution in [0.15, 0.2) is 47.2 Å². The Morgan fingerprint density at radius 2 is 1.80 bits per heavy atom. The Balaban J connectivity index is 1.80. The van der Waals surface area contributed by atoms with Crippen LogP contribution in [0.5, 0.6) is 11.5 Å². The van der Waals surface area contributed by atoms with Crippen LogP contribution in [0.1, 0.15) is 37.6 Å². The van der Waals surface area contributed by atoms with Gasteiger partial charge in [0.15, 0.2) is 11.5 Å². The van der Waals surface area contributed by atoms with Gasteiger partial charge in [-0.3, -0.25) is 9.59 Å². The molecule has 2 aromatic heterocycles. The molecule has 0 fully saturated rings. The highest BCUT2D eigenvalue weighted by atomic mass is 32.1. The summed E-state index contributed by atoms with van der Waals surface area (Å²) in [5.41, 5.74) is 1.11. The number of fused-ring (bicyclic) bond motifs is 1. The fourth-order valence-corrected chi connectivity index (χ4v) is 5.39. The summed E-state index contributed by atoms with van der Waals surface area (Å²) >= 11 is 3.13. The number of likely N-dealkylation sites (N-methyl/N-ethyl adjacent to an activating group) is 1. The molecule has 0 spiro atoms. The van der Waals surface area contributed by atoms with E-state index < -0.39 is 12.0 Å². The molecule has 8 heteroatoms. The number of nitrogens with one attached hydrogen (secondary N) is 1. The number of nitrogens with zero attached hydrogens (tertiary/aromatic N) is 1. The van der Waals surface area contributed by atoms with E-state index in [4.69, 9.17) is 9.47 Å². The number of ether oxygens (including phenoxy) is 2. The van der Waals surface area contributed by atoms with Crippen LogP contribution in [-0.2, 0) is 11.3 Å². The molecule has 0 unspecified atom stereocenters. The van der Waals surface area contributed by atoms with Crippen LogP contribution in [0.2, 0.25) is 0 Å². The molecule has 2 atom stereocenters. The van der Waals surface area contributed by atoms with Gasteiger partial charge < -0.3 is 19.7 Å². The van der Waals surface area contributed by atoms with Crippen LogP contribution in [0.25, 0.3) is 0 Å². The number of rotatable bonds is 6. The summed E-state index contributed by atoms with van der Waals surface area (Å²) in [6.45, 7) is 0.449. The average Bonchev–Trinajstić information content (AvgIpc) is 3.47. The maximum atomic E-state index is 13.5. The zero-order valence-electron chi connectivity index (χ0n) is 16.9. The Kier molecular flexibility index (Phi) is 5.78. The van der Waals surface area contributed by atoms with Crippen molar-refractivity contribution in [2.24, 2.45) is 0 Å². The van der Waals surface area contributed by atoms with Crippen molar-refractivity contribution in [2.45, 2.75) is 18.5 Å². The molecule has 0 saturated heterocycles. The van der Waals surface area contributed by atoms with Crippen molar-refractivity contribution in [1.29, 1.82) is 0 Å². The van der Waals surface area contributed by atoms with Crippen molar-refractivity contribution in [3.8, 4) is 11.5 Å². The van der Waals surface area contributed by atoms with Gasteiger partial charge in [0.2, 0.25) is 5.91 Å². The molecule has 30 heavy (non-hydrogen) atoms. The maximum Gasteiger partial charge on any atom is 0.254 e. The first-order valence-corrected chi connectivity index (χ1v) is 11.2. The molecule has 4 rings (SSSR count). The summed E-state index contributed by atoms with van der Waals surface area (Å²) < 4.78 is 10.8. The topological polar surface area (TPSA) is 67.9 Å². The second-order valence-corrected chi connectivity index (χ2v) is 8.96. The fraction of sp³-hybridized carbons (Fsp3) is 0.273. The molecule has 1 aliphatic heterocycles. The highest BCUT2D eigenvalue weighted by molar-refractivity contribution is 7.10. The highest BCUT2D eigenvalue weighted by Crippen LogP contribution is 2.46. The lowest BCUT2D eigenvalue weighted by Crippen LogP contribution is -2.45. The zero-order valence-corrected chi connectivity index (χ0v) is 18.5. The zero-order chi connectivity index (χ0) is 21.3. The Bertz CT molecular complexity index is 1050. The van der Waals surface area contributed by atoms with Crippen molar-refractivity contribution < 1.29 is 19.1 Å². The molecular formula is C22H22N2O4S2. The number of carbonyl (C=O) groups is 2. The molecule has 1 aliphatic rings. The molecular weight excluding hydrogens is 420 g/mol. The quantitative estimate of drug-likeness (QED) is 0.625. The lowest BCUT2D eigenvalue weighted by molar-refractivity contribution is -0.124. The maximum absolute atomic E-state index is 13.5. The second-order valence-electron chi connectivity index (χ2n) is 6.95. The van der Waals surface area contributed by atoms with Crippen molar-refractivity contribution in [1.82, 2.24) is 10.2 Å². The summed E-state index contributed by atoms with van der Waals surface area (Å²) in [7, 11) is 4.82. The summed E-state index contributed by atoms with van der Waals surface area (Å²) in [5, 5.41) is 6.99. The number of hydrogen-bond acceptors (Lipinski definition) is 6. The second kappa shape index (κ2) is 8.49. The van der Waals surface area contributed by atoms with Crippen LogP contribution < -0.4 is 14.8 Å². The first-order chi connectivity index (χ1) is 14.5. The number of carbonyl (C=O) groups excluding carboxylic acids is 2. The van der Waals surface area contributed by atoms with E-state index in [2.05, 4.69) is 5.32 Å². The van der Waals surface area contributed by atoms with Gasteiger partial charge in [0.05, 0.1) is 32.7 Å². The largest absolute Gasteiger partial charge is 0.493 e. The van der Waals surface area contributed by atoms with Gasteiger partial charge in [0, 0.05) is 22.4 Å². The third-order valence-corrected chi connectivity index (χ3v) is 7.13. The molecule has 1 aromatic carbocycles. The van der Waals surface area contributed by atoms with Crippen LogP contribution in [0, 0.1) is 0 Å². The molecule has 3 heterocycles. The Hall–Kier alpha value is -2.84. The van der Waals surface area contributed by atoms with Crippen LogP contribution in [0.3, 0.4) is 0 Å². The van der Waals surface area contributed by atoms with Gasteiger partial charge in [-0.25, -0.2) is 0 Å². The summed E-state index contributed by atoms with van der Waals surface area (Å²) in [6, 6.07) is 10.9. The number of hydrogen-bond donors (Lipinski definition) is 1. The van der Waals surface area contributed by atoms with E-state index in [1.54, 1.807) is 42.5 Å². The van der Waals surface area contributed by atoms with Gasteiger partial charge in [-0.2, -0.15) is 0 Å². The molecule has 0 saturated carbocycles. The molecule has 2 amide bonds. The van der Waals surface area contributed by atoms with E-state index in [9.17, 15) is 9.59 Å². The lowest BCUT2D eigenvalue weighted by Gasteiger charge is -2.39. The van der Waals surface area contributed by atoms with Crippen molar-refractivity contribution in [3.05, 3.63) is 68.0 Å². The van der Waals surface area contributed by atoms with E-state index in [-0.39, 0.29) is 11.8 Å². The normalized spacial score (nSPS) is 18.1. The average molecular weight is 443 g/mol. The lowest BCUT2D eigenvalue weighted by atomic mass is 9.81. The highest BCUT2D eigenvalue weighted by Gasteiger charge is 2.44. The van der Waals surface area contributed by atoms with E-state index in [1.807, 2.05) is 35.0 Å². The first kappa shape index (κ1) is 20.4. The van der Waals surface area contributed by atoms with Gasteiger partial charge in [-0.15, -0.1) is 22.7 Å². The van der Waals surface area contributed by atoms with Crippen molar-refractivity contribution >= 4 is 34.5 Å². The Morgan fingerprint density at radius 1 is 1.10 bits per heavy atom. The summed E-state index contributed by atoms with van der Waals surface area (Å²) in [5.74, 6) is 0.113. The Labute approximate surface area is 183 Å². The van der Waals surface area contributed by atoms with E-state index >= 15 is 0 Å². The predicted octanol–water partition coefficient (Wildman–Crippen LogP) is 4.05. The summed E-state index contributed by atoms with van der Waals surface area (Å²) in [4.78, 5) is 30.3. The minimum Gasteiger partial charge on any atom is -0.493 e. The third kappa shape index (κ3) is 3.57. The SMILES string of the molecule is COc1cc2c(cc1OC)[C@H](C(=O)NCc1cccs1)[C@H](c1cccs1)N(C)C2=O. The third-order valence-electron chi connectivity index (χ3n) is 5.31. The number of benzene rings is 1. The molecule has 0 bridgehead atoms. The predicted molar refractivity (Wildman–Crippen MR) is 118 cm³/mol. The van der Waals surface area contributed by atoms with E-state index in [0.29, 0.717) is 29.2 Å². The number of methoxy groups -OCH3 is 2. The molecule has 1 N–H and O–H groups in total. The number of amides is 2. The molecule has 6 nitrogen and oxygen atoms in total. The van der Waals surface area contributed by atoms with Gasteiger partial charge in [-0.05, 0) is 40.6 Å². The van der Waals surface area contributed by atoms with Crippen molar-refractivity contribution in [3.63, 3.8) is 0 Å². The van der Waals surface area contributed by atoms with Crippen LogP contribution in [-0.4, -0.2) is 38.0 Å². The van der Waals surface area contributed by atoms with Gasteiger partial charge in [0.25, 0.3) is 5.91 Å². The standard InChI is InChI=1S/C22H22N2O4S2/c1-24-20(18-7-5-9-30-18)19(21(25)23-12-13-6-4-8-29-13)14-10-16(27-2)17(28-3)11-15(14)22(24)26/h4-11,19-20H,12H2,1-3H3,(H,23,25)/t19-,20-/m0/s1. The summed E-state index contributed by atoms with van der Waals surface area (Å²) in [6.07, 6.45) is 0. The first-order valence-electron chi connectivity index (χ1n) is 9.41.